The van der Waals surface area contributed by atoms with Crippen molar-refractivity contribution >= 4 is 17.5 Å². The van der Waals surface area contributed by atoms with Crippen LogP contribution in [0.4, 0.5) is 5.69 Å². The Balaban J connectivity index is 1.39. The number of rotatable bonds is 5. The van der Waals surface area contributed by atoms with E-state index in [-0.39, 0.29) is 17.6 Å². The molecule has 0 radical (unpaired) electrons. The summed E-state index contributed by atoms with van der Waals surface area (Å²) in [7, 11) is 0. The number of carbonyl (C=O) groups excluding carboxylic acids is 2. The molecule has 0 unspecified atom stereocenters. The van der Waals surface area contributed by atoms with Crippen LogP contribution in [0, 0.1) is 0 Å². The van der Waals surface area contributed by atoms with Gasteiger partial charge in [0, 0.05) is 12.2 Å². The van der Waals surface area contributed by atoms with Crippen molar-refractivity contribution < 1.29 is 18.7 Å². The molecule has 1 aromatic heterocycles. The fourth-order valence-corrected chi connectivity index (χ4v) is 3.28. The van der Waals surface area contributed by atoms with Crippen molar-refractivity contribution in [3.63, 3.8) is 0 Å². The molecule has 0 saturated carbocycles. The van der Waals surface area contributed by atoms with Gasteiger partial charge in [-0.3, -0.25) is 9.59 Å². The maximum absolute atomic E-state index is 12.7. The third-order valence-corrected chi connectivity index (χ3v) is 4.65. The van der Waals surface area contributed by atoms with E-state index in [2.05, 4.69) is 5.32 Å². The third kappa shape index (κ3) is 3.91. The molecule has 1 aliphatic heterocycles. The van der Waals surface area contributed by atoms with E-state index in [0.717, 1.165) is 12.2 Å². The van der Waals surface area contributed by atoms with Gasteiger partial charge in [0.25, 0.3) is 5.91 Å². The highest BCUT2D eigenvalue weighted by molar-refractivity contribution is 6.00. The van der Waals surface area contributed by atoms with Gasteiger partial charge in [0.2, 0.25) is 5.91 Å². The largest absolute Gasteiger partial charge is 0.459 e. The average Bonchev–Trinajstić information content (AvgIpc) is 3.42. The highest BCUT2D eigenvalue weighted by Gasteiger charge is 2.35. The zero-order valence-electron chi connectivity index (χ0n) is 15.2. The number of hydrogen-bond acceptors (Lipinski definition) is 4. The van der Waals surface area contributed by atoms with Crippen LogP contribution < -0.4 is 10.1 Å². The van der Waals surface area contributed by atoms with Gasteiger partial charge in [-0.1, -0.05) is 18.2 Å². The Labute approximate surface area is 162 Å². The van der Waals surface area contributed by atoms with Crippen LogP contribution in [0.25, 0.3) is 0 Å². The molecule has 142 valence electrons. The van der Waals surface area contributed by atoms with E-state index in [1.807, 2.05) is 30.3 Å². The molecule has 0 aliphatic carbocycles. The number of likely N-dealkylation sites (tertiary alicyclic amines) is 1. The van der Waals surface area contributed by atoms with Crippen LogP contribution in [0.15, 0.2) is 77.4 Å². The van der Waals surface area contributed by atoms with Crippen LogP contribution in [0.5, 0.6) is 11.5 Å². The molecule has 1 saturated heterocycles. The number of ether oxygens (including phenoxy) is 1. The fraction of sp³-hybridized carbons (Fsp3) is 0.182. The van der Waals surface area contributed by atoms with Crippen molar-refractivity contribution in [2.45, 2.75) is 18.9 Å². The van der Waals surface area contributed by atoms with Crippen LogP contribution in [0.2, 0.25) is 0 Å². The number of furan rings is 1. The molecule has 2 heterocycles. The smallest absolute Gasteiger partial charge is 0.290 e. The lowest BCUT2D eigenvalue weighted by atomic mass is 10.2. The van der Waals surface area contributed by atoms with Gasteiger partial charge in [-0.25, -0.2) is 0 Å². The lowest BCUT2D eigenvalue weighted by Crippen LogP contribution is -2.43. The summed E-state index contributed by atoms with van der Waals surface area (Å²) in [4.78, 5) is 26.8. The molecule has 28 heavy (non-hydrogen) atoms. The molecule has 1 aliphatic rings. The van der Waals surface area contributed by atoms with Gasteiger partial charge in [0.15, 0.2) is 5.76 Å². The Morgan fingerprint density at radius 1 is 0.964 bits per heavy atom. The Bertz CT molecular complexity index is 936. The third-order valence-electron chi connectivity index (χ3n) is 4.65. The summed E-state index contributed by atoms with van der Waals surface area (Å²) >= 11 is 0. The monoisotopic (exact) mass is 376 g/mol. The van der Waals surface area contributed by atoms with Crippen molar-refractivity contribution in [3.8, 4) is 11.5 Å². The summed E-state index contributed by atoms with van der Waals surface area (Å²) < 4.78 is 10.9. The summed E-state index contributed by atoms with van der Waals surface area (Å²) in [5.41, 5.74) is 0.655. The van der Waals surface area contributed by atoms with Gasteiger partial charge in [0.05, 0.1) is 6.26 Å². The molecule has 6 heteroatoms. The van der Waals surface area contributed by atoms with Gasteiger partial charge in [-0.15, -0.1) is 0 Å². The van der Waals surface area contributed by atoms with Gasteiger partial charge < -0.3 is 19.4 Å². The summed E-state index contributed by atoms with van der Waals surface area (Å²) in [5.74, 6) is 1.22. The summed E-state index contributed by atoms with van der Waals surface area (Å²) in [6, 6.07) is 19.4. The molecular formula is C22H20N2O4. The second-order valence-electron chi connectivity index (χ2n) is 6.56. The topological polar surface area (TPSA) is 71.8 Å². The quantitative estimate of drug-likeness (QED) is 0.720. The summed E-state index contributed by atoms with van der Waals surface area (Å²) in [6.45, 7) is 0.543. The molecule has 1 fully saturated rings. The normalized spacial score (nSPS) is 16.0. The van der Waals surface area contributed by atoms with Crippen LogP contribution in [0.1, 0.15) is 23.4 Å². The predicted octanol–water partition coefficient (Wildman–Crippen LogP) is 4.32. The Morgan fingerprint density at radius 3 is 2.43 bits per heavy atom. The number of amides is 2. The molecule has 0 bridgehead atoms. The molecule has 1 atom stereocenters. The number of para-hydroxylation sites is 1. The highest BCUT2D eigenvalue weighted by Crippen LogP contribution is 2.25. The lowest BCUT2D eigenvalue weighted by Gasteiger charge is -2.23. The van der Waals surface area contributed by atoms with Crippen LogP contribution in [-0.2, 0) is 4.79 Å². The number of nitrogens with one attached hydrogen (secondary N) is 1. The Kier molecular flexibility index (Phi) is 5.10. The zero-order valence-corrected chi connectivity index (χ0v) is 15.2. The molecule has 3 aromatic rings. The fourth-order valence-electron chi connectivity index (χ4n) is 3.28. The molecule has 2 aromatic carbocycles. The van der Waals surface area contributed by atoms with E-state index in [9.17, 15) is 9.59 Å². The van der Waals surface area contributed by atoms with E-state index >= 15 is 0 Å². The van der Waals surface area contributed by atoms with E-state index in [1.165, 1.54) is 6.26 Å². The number of hydrogen-bond donors (Lipinski definition) is 1. The number of anilines is 1. The molecule has 1 N–H and O–H groups in total. The highest BCUT2D eigenvalue weighted by atomic mass is 16.5. The number of nitrogens with zero attached hydrogens (tertiary/aromatic N) is 1. The minimum Gasteiger partial charge on any atom is -0.459 e. The SMILES string of the molecule is O=C(Nc1ccc(Oc2ccccc2)cc1)[C@@H]1CCCN1C(=O)c1ccco1. The van der Waals surface area contributed by atoms with Crippen molar-refractivity contribution in [2.75, 3.05) is 11.9 Å². The Hall–Kier alpha value is -3.54. The van der Waals surface area contributed by atoms with E-state index < -0.39 is 6.04 Å². The predicted molar refractivity (Wildman–Crippen MR) is 104 cm³/mol. The van der Waals surface area contributed by atoms with E-state index in [0.29, 0.717) is 24.4 Å². The first kappa shape index (κ1) is 17.9. The standard InChI is InChI=1S/C22H20N2O4/c25-21(19-8-4-14-24(19)22(26)20-9-5-15-27-20)23-16-10-12-18(13-11-16)28-17-6-2-1-3-7-17/h1-3,5-7,9-13,15,19H,4,8,14H2,(H,23,25)/t19-/m0/s1. The van der Waals surface area contributed by atoms with Crippen LogP contribution in [-0.4, -0.2) is 29.3 Å². The van der Waals surface area contributed by atoms with E-state index in [4.69, 9.17) is 9.15 Å². The molecule has 2 amide bonds. The minimum atomic E-state index is -0.502. The van der Waals surface area contributed by atoms with Crippen molar-refractivity contribution in [2.24, 2.45) is 0 Å². The second-order valence-corrected chi connectivity index (χ2v) is 6.56. The first-order chi connectivity index (χ1) is 13.7. The van der Waals surface area contributed by atoms with Gasteiger partial charge >= 0.3 is 0 Å². The lowest BCUT2D eigenvalue weighted by molar-refractivity contribution is -0.119. The molecule has 6 nitrogen and oxygen atoms in total. The number of carbonyl (C=O) groups is 2. The van der Waals surface area contributed by atoms with Crippen molar-refractivity contribution in [1.82, 2.24) is 4.90 Å². The minimum absolute atomic E-state index is 0.200. The van der Waals surface area contributed by atoms with Crippen LogP contribution in [0.3, 0.4) is 0 Å². The van der Waals surface area contributed by atoms with Gasteiger partial charge in [-0.05, 0) is 61.4 Å². The first-order valence-electron chi connectivity index (χ1n) is 9.19. The Morgan fingerprint density at radius 2 is 1.71 bits per heavy atom. The maximum Gasteiger partial charge on any atom is 0.290 e. The molecule has 0 spiro atoms. The molecular weight excluding hydrogens is 356 g/mol. The van der Waals surface area contributed by atoms with Crippen molar-refractivity contribution in [1.29, 1.82) is 0 Å². The van der Waals surface area contributed by atoms with Gasteiger partial charge in [-0.2, -0.15) is 0 Å². The van der Waals surface area contributed by atoms with Gasteiger partial charge in [0.1, 0.15) is 17.5 Å². The average molecular weight is 376 g/mol. The summed E-state index contributed by atoms with van der Waals surface area (Å²) in [5, 5.41) is 2.89. The maximum atomic E-state index is 12.7. The van der Waals surface area contributed by atoms with Crippen LogP contribution >= 0.6 is 0 Å². The number of benzene rings is 2. The summed E-state index contributed by atoms with van der Waals surface area (Å²) in [6.07, 6.45) is 2.87. The zero-order chi connectivity index (χ0) is 19.3. The van der Waals surface area contributed by atoms with Crippen molar-refractivity contribution in [3.05, 3.63) is 78.8 Å². The first-order valence-corrected chi connectivity index (χ1v) is 9.19. The van der Waals surface area contributed by atoms with E-state index in [1.54, 1.807) is 41.3 Å². The second kappa shape index (κ2) is 8.00. The molecule has 4 rings (SSSR count).